The number of hydrogen-bond donors (Lipinski definition) is 1. The van der Waals surface area contributed by atoms with Gasteiger partial charge in [0.2, 0.25) is 5.91 Å². The van der Waals surface area contributed by atoms with Gasteiger partial charge in [0, 0.05) is 12.5 Å². The van der Waals surface area contributed by atoms with Gasteiger partial charge in [0.15, 0.2) is 6.29 Å². The lowest BCUT2D eigenvalue weighted by Crippen LogP contribution is -2.44. The number of amides is 1. The number of nitrogens with one attached hydrogen (secondary N) is 1. The van der Waals surface area contributed by atoms with E-state index >= 15 is 0 Å². The molecule has 0 saturated carbocycles. The second-order valence-corrected chi connectivity index (χ2v) is 5.92. The number of hydrogen-bond acceptors (Lipinski definition) is 4. The number of likely N-dealkylation sites (tertiary alicyclic amines) is 1. The molecule has 2 aliphatic rings. The van der Waals surface area contributed by atoms with Crippen molar-refractivity contribution in [3.63, 3.8) is 0 Å². The molecule has 0 aliphatic carbocycles. The number of nitrogens with zero attached hydrogens (tertiary/aromatic N) is 1. The van der Waals surface area contributed by atoms with Gasteiger partial charge in [0.05, 0.1) is 19.8 Å². The maximum absolute atomic E-state index is 11.8. The third-order valence-corrected chi connectivity index (χ3v) is 3.74. The molecule has 2 fully saturated rings. The summed E-state index contributed by atoms with van der Waals surface area (Å²) in [6.45, 7) is 8.86. The second kappa shape index (κ2) is 7.22. The molecule has 0 atom stereocenters. The van der Waals surface area contributed by atoms with Crippen molar-refractivity contribution in [2.75, 3.05) is 39.4 Å². The average molecular weight is 270 g/mol. The SMILES string of the molecule is CC(C)CNC(=O)CN1CCC(C2OCCO2)CC1. The first-order valence-corrected chi connectivity index (χ1v) is 7.37. The van der Waals surface area contributed by atoms with Crippen LogP contribution < -0.4 is 5.32 Å². The monoisotopic (exact) mass is 270 g/mol. The topological polar surface area (TPSA) is 50.8 Å². The van der Waals surface area contributed by atoms with E-state index < -0.39 is 0 Å². The highest BCUT2D eigenvalue weighted by molar-refractivity contribution is 5.78. The van der Waals surface area contributed by atoms with Crippen LogP contribution >= 0.6 is 0 Å². The highest BCUT2D eigenvalue weighted by Crippen LogP contribution is 2.25. The van der Waals surface area contributed by atoms with Gasteiger partial charge in [0.1, 0.15) is 0 Å². The third kappa shape index (κ3) is 4.75. The molecule has 0 unspecified atom stereocenters. The Balaban J connectivity index is 1.64. The lowest BCUT2D eigenvalue weighted by atomic mass is 9.96. The number of carbonyl (C=O) groups is 1. The van der Waals surface area contributed by atoms with E-state index in [4.69, 9.17) is 9.47 Å². The molecule has 1 N–H and O–H groups in total. The maximum atomic E-state index is 11.8. The van der Waals surface area contributed by atoms with Crippen molar-refractivity contribution < 1.29 is 14.3 Å². The van der Waals surface area contributed by atoms with Crippen molar-refractivity contribution in [3.05, 3.63) is 0 Å². The van der Waals surface area contributed by atoms with Gasteiger partial charge in [-0.1, -0.05) is 13.8 Å². The molecule has 1 amide bonds. The zero-order chi connectivity index (χ0) is 13.7. The van der Waals surface area contributed by atoms with Crippen LogP contribution in [-0.4, -0.2) is 56.5 Å². The van der Waals surface area contributed by atoms with E-state index in [1.807, 2.05) is 0 Å². The molecule has 0 aromatic heterocycles. The molecule has 19 heavy (non-hydrogen) atoms. The van der Waals surface area contributed by atoms with E-state index in [0.717, 1.165) is 45.7 Å². The maximum Gasteiger partial charge on any atom is 0.234 e. The van der Waals surface area contributed by atoms with Crippen molar-refractivity contribution in [2.45, 2.75) is 33.0 Å². The van der Waals surface area contributed by atoms with Crippen LogP contribution in [0.25, 0.3) is 0 Å². The molecular formula is C14H26N2O3. The first kappa shape index (κ1) is 14.8. The molecule has 0 aromatic rings. The largest absolute Gasteiger partial charge is 0.355 e. The summed E-state index contributed by atoms with van der Waals surface area (Å²) in [6, 6.07) is 0. The normalized spacial score (nSPS) is 23.1. The Bertz CT molecular complexity index is 282. The Morgan fingerprint density at radius 2 is 1.89 bits per heavy atom. The summed E-state index contributed by atoms with van der Waals surface area (Å²) >= 11 is 0. The molecule has 110 valence electrons. The fourth-order valence-corrected chi connectivity index (χ4v) is 2.61. The van der Waals surface area contributed by atoms with E-state index in [1.165, 1.54) is 0 Å². The fraction of sp³-hybridized carbons (Fsp3) is 0.929. The zero-order valence-corrected chi connectivity index (χ0v) is 12.1. The molecule has 0 spiro atoms. The highest BCUT2D eigenvalue weighted by atomic mass is 16.7. The molecule has 5 heteroatoms. The van der Waals surface area contributed by atoms with Gasteiger partial charge in [-0.3, -0.25) is 9.69 Å². The first-order chi connectivity index (χ1) is 9.15. The summed E-state index contributed by atoms with van der Waals surface area (Å²) in [5.74, 6) is 1.14. The minimum Gasteiger partial charge on any atom is -0.355 e. The Labute approximate surface area is 115 Å². The highest BCUT2D eigenvalue weighted by Gasteiger charge is 2.30. The Morgan fingerprint density at radius 3 is 2.47 bits per heavy atom. The van der Waals surface area contributed by atoms with E-state index in [2.05, 4.69) is 24.1 Å². The van der Waals surface area contributed by atoms with Crippen LogP contribution in [0.2, 0.25) is 0 Å². The number of rotatable bonds is 5. The molecule has 2 aliphatic heterocycles. The van der Waals surface area contributed by atoms with Gasteiger partial charge in [0.25, 0.3) is 0 Å². The molecule has 0 aromatic carbocycles. The van der Waals surface area contributed by atoms with Crippen LogP contribution in [0.5, 0.6) is 0 Å². The van der Waals surface area contributed by atoms with Crippen molar-refractivity contribution in [3.8, 4) is 0 Å². The van der Waals surface area contributed by atoms with Crippen LogP contribution in [0.4, 0.5) is 0 Å². The third-order valence-electron chi connectivity index (χ3n) is 3.74. The van der Waals surface area contributed by atoms with Gasteiger partial charge in [-0.2, -0.15) is 0 Å². The fourth-order valence-electron chi connectivity index (χ4n) is 2.61. The van der Waals surface area contributed by atoms with Crippen LogP contribution in [0.3, 0.4) is 0 Å². The van der Waals surface area contributed by atoms with Gasteiger partial charge in [-0.15, -0.1) is 0 Å². The number of ether oxygens (including phenoxy) is 2. The molecule has 2 heterocycles. The van der Waals surface area contributed by atoms with E-state index in [-0.39, 0.29) is 12.2 Å². The van der Waals surface area contributed by atoms with Gasteiger partial charge in [-0.25, -0.2) is 0 Å². The summed E-state index contributed by atoms with van der Waals surface area (Å²) in [7, 11) is 0. The lowest BCUT2D eigenvalue weighted by Gasteiger charge is -2.33. The van der Waals surface area contributed by atoms with Crippen LogP contribution in [0.15, 0.2) is 0 Å². The van der Waals surface area contributed by atoms with Crippen LogP contribution in [0, 0.1) is 11.8 Å². The standard InChI is InChI=1S/C14H26N2O3/c1-11(2)9-15-13(17)10-16-5-3-12(4-6-16)14-18-7-8-19-14/h11-12,14H,3-10H2,1-2H3,(H,15,17). The van der Waals surface area contributed by atoms with Gasteiger partial charge >= 0.3 is 0 Å². The Kier molecular flexibility index (Phi) is 5.60. The molecule has 2 saturated heterocycles. The van der Waals surface area contributed by atoms with Crippen molar-refractivity contribution in [2.24, 2.45) is 11.8 Å². The van der Waals surface area contributed by atoms with Crippen LogP contribution in [0.1, 0.15) is 26.7 Å². The molecular weight excluding hydrogens is 244 g/mol. The minimum atomic E-state index is -0.00285. The summed E-state index contributed by atoms with van der Waals surface area (Å²) in [5, 5.41) is 2.97. The second-order valence-electron chi connectivity index (χ2n) is 5.92. The summed E-state index contributed by atoms with van der Waals surface area (Å²) < 4.78 is 11.1. The Hall–Kier alpha value is -0.650. The van der Waals surface area contributed by atoms with Gasteiger partial charge < -0.3 is 14.8 Å². The van der Waals surface area contributed by atoms with Crippen LogP contribution in [-0.2, 0) is 14.3 Å². The summed E-state index contributed by atoms with van der Waals surface area (Å²) in [4.78, 5) is 14.0. The summed E-state index contributed by atoms with van der Waals surface area (Å²) in [5.41, 5.74) is 0. The first-order valence-electron chi connectivity index (χ1n) is 7.37. The number of carbonyl (C=O) groups excluding carboxylic acids is 1. The number of piperidine rings is 1. The molecule has 5 nitrogen and oxygen atoms in total. The smallest absolute Gasteiger partial charge is 0.234 e. The quantitative estimate of drug-likeness (QED) is 0.804. The van der Waals surface area contributed by atoms with Crippen molar-refractivity contribution >= 4 is 5.91 Å². The van der Waals surface area contributed by atoms with E-state index in [0.29, 0.717) is 18.4 Å². The average Bonchev–Trinajstić information content (AvgIpc) is 2.91. The zero-order valence-electron chi connectivity index (χ0n) is 12.1. The molecule has 0 radical (unpaired) electrons. The predicted octanol–water partition coefficient (Wildman–Crippen LogP) is 0.844. The van der Waals surface area contributed by atoms with E-state index in [9.17, 15) is 4.79 Å². The van der Waals surface area contributed by atoms with Crippen molar-refractivity contribution in [1.82, 2.24) is 10.2 Å². The molecule has 0 bridgehead atoms. The van der Waals surface area contributed by atoms with E-state index in [1.54, 1.807) is 0 Å². The minimum absolute atomic E-state index is 0.00285. The summed E-state index contributed by atoms with van der Waals surface area (Å²) in [6.07, 6.45) is 2.11. The predicted molar refractivity (Wildman–Crippen MR) is 72.7 cm³/mol. The van der Waals surface area contributed by atoms with Crippen molar-refractivity contribution in [1.29, 1.82) is 0 Å². The Morgan fingerprint density at radius 1 is 1.26 bits per heavy atom. The van der Waals surface area contributed by atoms with Gasteiger partial charge in [-0.05, 0) is 31.8 Å². The molecule has 2 rings (SSSR count). The lowest BCUT2D eigenvalue weighted by molar-refractivity contribution is -0.124.